The van der Waals surface area contributed by atoms with Crippen molar-refractivity contribution in [2.24, 2.45) is 0 Å². The summed E-state index contributed by atoms with van der Waals surface area (Å²) in [5.74, 6) is -1.55. The number of rotatable bonds is 54. The van der Waals surface area contributed by atoms with Gasteiger partial charge >= 0.3 is 25.7 Å². The van der Waals surface area contributed by atoms with Crippen molar-refractivity contribution in [1.29, 1.82) is 0 Å². The van der Waals surface area contributed by atoms with Gasteiger partial charge in [0.25, 0.3) is 0 Å². The maximum Gasteiger partial charge on any atom is 0.472 e. The molecule has 0 aromatic heterocycles. The van der Waals surface area contributed by atoms with E-state index in [-0.39, 0.29) is 25.9 Å². The molecule has 2 N–H and O–H groups in total. The third kappa shape index (κ3) is 52.1. The van der Waals surface area contributed by atoms with E-state index in [4.69, 9.17) is 23.3 Å². The van der Waals surface area contributed by atoms with E-state index in [9.17, 15) is 28.9 Å². The third-order valence-electron chi connectivity index (χ3n) is 12.4. The molecule has 0 bridgehead atoms. The Balaban J connectivity index is 4.74. The number of hydrogen-bond donors (Lipinski definition) is 2. The fourth-order valence-electron chi connectivity index (χ4n) is 8.01. The van der Waals surface area contributed by atoms with E-state index in [2.05, 4.69) is 69.4 Å². The number of carbonyl (C=O) groups is 3. The Morgan fingerprint density at radius 1 is 0.403 bits per heavy atom. The summed E-state index contributed by atoms with van der Waals surface area (Å²) in [4.78, 5) is 48.5. The fraction of sp³-hybridized carbons (Fsp3) is 0.783. The number of esters is 3. The Morgan fingerprint density at radius 2 is 0.750 bits per heavy atom. The summed E-state index contributed by atoms with van der Waals surface area (Å²) >= 11 is 0. The quantitative estimate of drug-likeness (QED) is 0.0197. The molecule has 0 aliphatic carbocycles. The van der Waals surface area contributed by atoms with Crippen LogP contribution < -0.4 is 0 Å². The van der Waals surface area contributed by atoms with Crippen molar-refractivity contribution in [3.63, 3.8) is 0 Å². The van der Waals surface area contributed by atoms with Crippen LogP contribution in [0.3, 0.4) is 0 Å². The van der Waals surface area contributed by atoms with Crippen LogP contribution in [0, 0.1) is 0 Å². The van der Waals surface area contributed by atoms with Crippen LogP contribution in [0.2, 0.25) is 0 Å². The molecule has 418 valence electrons. The molecule has 0 heterocycles. The first kappa shape index (κ1) is 69.2. The lowest BCUT2D eigenvalue weighted by Crippen LogP contribution is -2.30. The van der Waals surface area contributed by atoms with Gasteiger partial charge in [-0.05, 0) is 70.6 Å². The Morgan fingerprint density at radius 3 is 1.21 bits per heavy atom. The van der Waals surface area contributed by atoms with Crippen LogP contribution in [-0.4, -0.2) is 66.5 Å². The maximum atomic E-state index is 12.9. The maximum absolute atomic E-state index is 12.9. The van der Waals surface area contributed by atoms with Crippen molar-refractivity contribution < 1.29 is 52.2 Å². The predicted molar refractivity (Wildman–Crippen MR) is 298 cm³/mol. The van der Waals surface area contributed by atoms with Crippen LogP contribution in [0.5, 0.6) is 0 Å². The van der Waals surface area contributed by atoms with Crippen molar-refractivity contribution in [2.45, 2.75) is 277 Å². The van der Waals surface area contributed by atoms with Gasteiger partial charge in [-0.15, -0.1) is 0 Å². The molecular formula is C60H107O11P. The first-order chi connectivity index (χ1) is 35.2. The van der Waals surface area contributed by atoms with Gasteiger partial charge in [0.2, 0.25) is 0 Å². The van der Waals surface area contributed by atoms with E-state index in [0.717, 1.165) is 83.5 Å². The first-order valence-electron chi connectivity index (χ1n) is 29.2. The molecule has 11 nitrogen and oxygen atoms in total. The van der Waals surface area contributed by atoms with Crippen LogP contribution in [0.4, 0.5) is 0 Å². The predicted octanol–water partition coefficient (Wildman–Crippen LogP) is 17.1. The van der Waals surface area contributed by atoms with Gasteiger partial charge in [0.05, 0.1) is 19.8 Å². The number of ether oxygens (including phenoxy) is 3. The Bertz CT molecular complexity index is 1440. The van der Waals surface area contributed by atoms with E-state index >= 15 is 0 Å². The zero-order chi connectivity index (χ0) is 52.7. The van der Waals surface area contributed by atoms with E-state index in [1.165, 1.54) is 122 Å². The highest BCUT2D eigenvalue weighted by Gasteiger charge is 2.28. The van der Waals surface area contributed by atoms with E-state index in [0.29, 0.717) is 19.3 Å². The Kier molecular flexibility index (Phi) is 52.3. The van der Waals surface area contributed by atoms with Gasteiger partial charge in [-0.1, -0.05) is 236 Å². The van der Waals surface area contributed by atoms with E-state index in [1.807, 2.05) is 12.2 Å². The number of carbonyl (C=O) groups excluding carboxylic acids is 3. The summed E-state index contributed by atoms with van der Waals surface area (Å²) in [7, 11) is -4.76. The molecule has 0 fully saturated rings. The van der Waals surface area contributed by atoms with Crippen LogP contribution in [0.1, 0.15) is 265 Å². The second kappa shape index (κ2) is 54.4. The highest BCUT2D eigenvalue weighted by molar-refractivity contribution is 7.47. The molecule has 0 saturated heterocycles. The molecule has 0 amide bonds. The highest BCUT2D eigenvalue weighted by Crippen LogP contribution is 2.43. The molecule has 0 saturated carbocycles. The summed E-state index contributed by atoms with van der Waals surface area (Å²) in [5, 5.41) is 9.78. The molecule has 0 rings (SSSR count). The lowest BCUT2D eigenvalue weighted by Gasteiger charge is -2.21. The minimum atomic E-state index is -4.76. The number of aliphatic hydroxyl groups excluding tert-OH is 1. The van der Waals surface area contributed by atoms with Gasteiger partial charge in [0, 0.05) is 19.3 Å². The number of aliphatic hydroxyl groups is 1. The van der Waals surface area contributed by atoms with Gasteiger partial charge in [-0.25, -0.2) is 4.57 Å². The van der Waals surface area contributed by atoms with E-state index in [1.54, 1.807) is 0 Å². The number of phosphoric acid groups is 1. The van der Waals surface area contributed by atoms with Crippen molar-refractivity contribution in [3.05, 3.63) is 60.8 Å². The van der Waals surface area contributed by atoms with Gasteiger partial charge in [-0.2, -0.15) is 0 Å². The zero-order valence-corrected chi connectivity index (χ0v) is 47.0. The minimum absolute atomic E-state index is 0.0560. The van der Waals surface area contributed by atoms with Crippen molar-refractivity contribution in [2.75, 3.05) is 26.4 Å². The molecule has 72 heavy (non-hydrogen) atoms. The van der Waals surface area contributed by atoms with Gasteiger partial charge in [0.15, 0.2) is 6.10 Å². The largest absolute Gasteiger partial charge is 0.472 e. The van der Waals surface area contributed by atoms with Gasteiger partial charge in [0.1, 0.15) is 12.7 Å². The van der Waals surface area contributed by atoms with Gasteiger partial charge < -0.3 is 24.2 Å². The topological polar surface area (TPSA) is 155 Å². The molecule has 0 aromatic rings. The normalized spacial score (nSPS) is 13.8. The molecule has 3 atom stereocenters. The molecular weight excluding hydrogens is 928 g/mol. The molecule has 0 aromatic carbocycles. The van der Waals surface area contributed by atoms with Crippen molar-refractivity contribution in [1.82, 2.24) is 0 Å². The fourth-order valence-corrected chi connectivity index (χ4v) is 8.80. The molecule has 0 radical (unpaired) electrons. The molecule has 0 spiro atoms. The van der Waals surface area contributed by atoms with Crippen molar-refractivity contribution in [3.8, 4) is 0 Å². The standard InChI is InChI=1S/C60H107O11P/c1-4-7-10-13-16-19-22-25-26-27-28-29-30-33-36-39-42-45-48-51-60(64)71-57(53-67-58(62)49-46-43-40-37-34-31-23-20-17-14-11-8-5-2)55-69-72(65,66)68-54-56(52-61)70-59(63)50-47-44-41-38-35-32-24-21-18-15-12-9-6-3/h9,12,18,20-21,23,32,35,41,44,56-57,61H,4-8,10-11,13-17,19,22,24-31,33-34,36-40,42-43,45-55H2,1-3H3,(H,65,66)/b12-9-,21-18-,23-20-,35-32-,44-41-. The SMILES string of the molecule is CC/C=C\C/C=C\C/C=C\C/C=C\CCC(=O)OC(CO)COP(=O)(O)OCC(COC(=O)CCCCCCC/C=C\CCCCCC)OC(=O)CCCCCCCCCCCCCCCCCCCCC. The molecule has 0 aliphatic rings. The summed E-state index contributed by atoms with van der Waals surface area (Å²) in [6.07, 6.45) is 59.2. The number of allylic oxidation sites excluding steroid dienone is 10. The zero-order valence-electron chi connectivity index (χ0n) is 46.1. The number of phosphoric ester groups is 1. The van der Waals surface area contributed by atoms with Crippen LogP contribution in [0.25, 0.3) is 0 Å². The average molecular weight is 1040 g/mol. The van der Waals surface area contributed by atoms with E-state index < -0.39 is 57.8 Å². The Hall–Kier alpha value is -2.82. The van der Waals surface area contributed by atoms with Crippen LogP contribution >= 0.6 is 7.82 Å². The second-order valence-electron chi connectivity index (χ2n) is 19.4. The second-order valence-corrected chi connectivity index (χ2v) is 20.9. The van der Waals surface area contributed by atoms with Gasteiger partial charge in [-0.3, -0.25) is 23.4 Å². The lowest BCUT2D eigenvalue weighted by atomic mass is 10.0. The molecule has 12 heteroatoms. The summed E-state index contributed by atoms with van der Waals surface area (Å²) in [6, 6.07) is 0. The van der Waals surface area contributed by atoms with Crippen molar-refractivity contribution >= 4 is 25.7 Å². The monoisotopic (exact) mass is 1030 g/mol. The summed E-state index contributed by atoms with van der Waals surface area (Å²) in [6.45, 7) is 4.45. The minimum Gasteiger partial charge on any atom is -0.462 e. The average Bonchev–Trinajstić information content (AvgIpc) is 3.37. The first-order valence-corrected chi connectivity index (χ1v) is 30.7. The van der Waals surface area contributed by atoms with Crippen LogP contribution in [-0.2, 0) is 42.2 Å². The van der Waals surface area contributed by atoms with Crippen LogP contribution in [0.15, 0.2) is 60.8 Å². The number of unbranched alkanes of at least 4 members (excludes halogenated alkanes) is 27. The number of hydrogen-bond acceptors (Lipinski definition) is 10. The lowest BCUT2D eigenvalue weighted by molar-refractivity contribution is -0.161. The highest BCUT2D eigenvalue weighted by atomic mass is 31.2. The third-order valence-corrected chi connectivity index (χ3v) is 13.4. The smallest absolute Gasteiger partial charge is 0.462 e. The molecule has 0 aliphatic heterocycles. The summed E-state index contributed by atoms with van der Waals surface area (Å²) < 4.78 is 39.4. The Labute approximate surface area is 440 Å². The summed E-state index contributed by atoms with van der Waals surface area (Å²) in [5.41, 5.74) is 0. The molecule has 3 unspecified atom stereocenters.